The number of likely N-dealkylation sites (tertiary alicyclic amines) is 1. The first-order valence-electron chi connectivity index (χ1n) is 13.6. The summed E-state index contributed by atoms with van der Waals surface area (Å²) in [5.41, 5.74) is 2.48. The van der Waals surface area contributed by atoms with Gasteiger partial charge in [-0.3, -0.25) is 4.99 Å². The van der Waals surface area contributed by atoms with E-state index in [1.807, 2.05) is 55.6 Å². The zero-order valence-corrected chi connectivity index (χ0v) is 22.8. The van der Waals surface area contributed by atoms with E-state index in [1.54, 1.807) is 0 Å². The Morgan fingerprint density at radius 1 is 1.16 bits per heavy atom. The monoisotopic (exact) mass is 536 g/mol. The fourth-order valence-corrected chi connectivity index (χ4v) is 5.65. The molecule has 2 aromatic rings. The molecule has 202 valence electrons. The molecule has 0 radical (unpaired) electrons. The molecule has 0 amide bonds. The van der Waals surface area contributed by atoms with Crippen LogP contribution in [0.4, 0.5) is 0 Å². The lowest BCUT2D eigenvalue weighted by molar-refractivity contribution is -0.0254. The van der Waals surface area contributed by atoms with Crippen LogP contribution in [0.5, 0.6) is 11.5 Å². The van der Waals surface area contributed by atoms with Gasteiger partial charge in [0.05, 0.1) is 18.2 Å². The van der Waals surface area contributed by atoms with Crippen molar-refractivity contribution in [2.75, 3.05) is 46.1 Å². The molecule has 0 spiro atoms. The van der Waals surface area contributed by atoms with E-state index in [-0.39, 0.29) is 12.0 Å². The lowest BCUT2D eigenvalue weighted by atomic mass is 9.84. The summed E-state index contributed by atoms with van der Waals surface area (Å²) in [4.78, 5) is 7.15. The van der Waals surface area contributed by atoms with Gasteiger partial charge in [-0.05, 0) is 73.7 Å². The van der Waals surface area contributed by atoms with E-state index in [9.17, 15) is 5.11 Å². The second-order valence-corrected chi connectivity index (χ2v) is 10.6. The van der Waals surface area contributed by atoms with Crippen LogP contribution >= 0.6 is 11.6 Å². The molecule has 38 heavy (non-hydrogen) atoms. The molecule has 0 aromatic heterocycles. The van der Waals surface area contributed by atoms with Crippen LogP contribution in [0.2, 0.25) is 5.02 Å². The molecule has 5 rings (SSSR count). The van der Waals surface area contributed by atoms with Gasteiger partial charge in [-0.1, -0.05) is 35.9 Å². The highest BCUT2D eigenvalue weighted by Crippen LogP contribution is 2.41. The predicted molar refractivity (Wildman–Crippen MR) is 152 cm³/mol. The number of hydrogen-bond donors (Lipinski definition) is 1. The first kappa shape index (κ1) is 26.9. The Morgan fingerprint density at radius 3 is 2.76 bits per heavy atom. The first-order valence-corrected chi connectivity index (χ1v) is 14.0. The molecule has 1 fully saturated rings. The van der Waals surface area contributed by atoms with Gasteiger partial charge in [-0.25, -0.2) is 0 Å². The van der Waals surface area contributed by atoms with Gasteiger partial charge >= 0.3 is 0 Å². The summed E-state index contributed by atoms with van der Waals surface area (Å²) >= 11 is 6.04. The maximum absolute atomic E-state index is 11.2. The van der Waals surface area contributed by atoms with Crippen LogP contribution in [0.25, 0.3) is 5.57 Å². The molecule has 1 N–H and O–H groups in total. The van der Waals surface area contributed by atoms with Crippen LogP contribution in [0, 0.1) is 5.92 Å². The minimum absolute atomic E-state index is 0.0605. The van der Waals surface area contributed by atoms with Gasteiger partial charge in [0.25, 0.3) is 0 Å². The Kier molecular flexibility index (Phi) is 8.85. The summed E-state index contributed by atoms with van der Waals surface area (Å²) in [5, 5.41) is 11.9. The van der Waals surface area contributed by atoms with E-state index in [1.165, 1.54) is 5.57 Å². The molecule has 3 aliphatic heterocycles. The average molecular weight is 537 g/mol. The van der Waals surface area contributed by atoms with Crippen molar-refractivity contribution in [3.63, 3.8) is 0 Å². The number of allylic oxidation sites excluding steroid dienone is 1. The lowest BCUT2D eigenvalue weighted by Gasteiger charge is -2.38. The standard InChI is InChI=1S/C31H37ClN2O4/c1-2-36-19-20-37-25-11-12-30-28(21-25)26(27-5-3-15-33-29(27)22-38-30)6-4-16-34-17-13-31(35,14-18-34)23-7-9-24(32)10-8-23/h3,5-12,15,21,27,29,35H,2,4,13-14,16-20,22H2,1H3/b26-6+. The maximum Gasteiger partial charge on any atom is 0.127 e. The third-order valence-corrected chi connectivity index (χ3v) is 7.95. The van der Waals surface area contributed by atoms with Crippen molar-refractivity contribution in [3.8, 4) is 11.5 Å². The smallest absolute Gasteiger partial charge is 0.127 e. The molecule has 0 saturated carbocycles. The SMILES string of the molecule is CCOCCOc1ccc2c(c1)/C(=C/CCN1CCC(O)(c3ccc(Cl)cc3)CC1)C1C=CC=NC1CO2. The molecule has 7 heteroatoms. The quantitative estimate of drug-likeness (QED) is 0.427. The highest BCUT2D eigenvalue weighted by Gasteiger charge is 2.34. The molecule has 1 saturated heterocycles. The summed E-state index contributed by atoms with van der Waals surface area (Å²) in [7, 11) is 0. The fourth-order valence-electron chi connectivity index (χ4n) is 5.52. The molecule has 2 unspecified atom stereocenters. The molecular weight excluding hydrogens is 500 g/mol. The second-order valence-electron chi connectivity index (χ2n) is 10.1. The summed E-state index contributed by atoms with van der Waals surface area (Å²) in [6.45, 7) is 6.95. The Hall–Kier alpha value is -2.64. The normalized spacial score (nSPS) is 23.4. The van der Waals surface area contributed by atoms with E-state index < -0.39 is 5.60 Å². The number of aliphatic hydroxyl groups is 1. The van der Waals surface area contributed by atoms with Crippen LogP contribution in [-0.4, -0.2) is 68.3 Å². The van der Waals surface area contributed by atoms with Crippen molar-refractivity contribution in [1.82, 2.24) is 4.90 Å². The minimum Gasteiger partial charge on any atom is -0.491 e. The number of aliphatic imine (C=N–C) groups is 1. The third-order valence-electron chi connectivity index (χ3n) is 7.70. The topological polar surface area (TPSA) is 63.5 Å². The van der Waals surface area contributed by atoms with E-state index in [4.69, 9.17) is 30.8 Å². The molecule has 3 heterocycles. The van der Waals surface area contributed by atoms with Gasteiger partial charge < -0.3 is 24.2 Å². The van der Waals surface area contributed by atoms with Gasteiger partial charge in [0.1, 0.15) is 24.7 Å². The van der Waals surface area contributed by atoms with Crippen LogP contribution in [0.3, 0.4) is 0 Å². The average Bonchev–Trinajstić information content (AvgIpc) is 3.09. The molecule has 0 bridgehead atoms. The summed E-state index contributed by atoms with van der Waals surface area (Å²) in [5.74, 6) is 1.85. The molecule has 6 nitrogen and oxygen atoms in total. The molecule has 3 aliphatic rings. The number of fused-ring (bicyclic) bond motifs is 2. The molecule has 2 aromatic carbocycles. The van der Waals surface area contributed by atoms with Crippen LogP contribution in [0.1, 0.15) is 37.3 Å². The van der Waals surface area contributed by atoms with Gasteiger partial charge in [0.2, 0.25) is 0 Å². The number of halogens is 1. The molecular formula is C31H37ClN2O4. The maximum atomic E-state index is 11.2. The fraction of sp³-hybridized carbons (Fsp3) is 0.452. The van der Waals surface area contributed by atoms with Gasteiger partial charge in [-0.2, -0.15) is 0 Å². The summed E-state index contributed by atoms with van der Waals surface area (Å²) in [6.07, 6.45) is 10.8. The first-order chi connectivity index (χ1) is 18.6. The lowest BCUT2D eigenvalue weighted by Crippen LogP contribution is -2.42. The van der Waals surface area contributed by atoms with Gasteiger partial charge in [0.15, 0.2) is 0 Å². The number of dihydropyridines is 1. The van der Waals surface area contributed by atoms with Gasteiger partial charge in [0, 0.05) is 49.0 Å². The van der Waals surface area contributed by atoms with Crippen LogP contribution < -0.4 is 9.47 Å². The van der Waals surface area contributed by atoms with Crippen LogP contribution in [0.15, 0.2) is 65.7 Å². The van der Waals surface area contributed by atoms with E-state index in [2.05, 4.69) is 23.1 Å². The van der Waals surface area contributed by atoms with E-state index in [0.717, 1.165) is 48.7 Å². The Morgan fingerprint density at radius 2 is 1.97 bits per heavy atom. The number of benzene rings is 2. The Labute approximate surface area is 230 Å². The Bertz CT molecular complexity index is 1170. The van der Waals surface area contributed by atoms with Crippen molar-refractivity contribution in [2.45, 2.75) is 37.8 Å². The second kappa shape index (κ2) is 12.5. The van der Waals surface area contributed by atoms with Crippen molar-refractivity contribution >= 4 is 23.4 Å². The molecule has 2 atom stereocenters. The van der Waals surface area contributed by atoms with E-state index in [0.29, 0.717) is 44.3 Å². The van der Waals surface area contributed by atoms with Gasteiger partial charge in [-0.15, -0.1) is 0 Å². The number of rotatable bonds is 9. The van der Waals surface area contributed by atoms with E-state index >= 15 is 0 Å². The Balaban J connectivity index is 1.27. The zero-order valence-electron chi connectivity index (χ0n) is 22.0. The summed E-state index contributed by atoms with van der Waals surface area (Å²) in [6, 6.07) is 13.7. The highest BCUT2D eigenvalue weighted by atomic mass is 35.5. The van der Waals surface area contributed by atoms with Crippen LogP contribution in [-0.2, 0) is 10.3 Å². The van der Waals surface area contributed by atoms with Crippen molar-refractivity contribution in [1.29, 1.82) is 0 Å². The summed E-state index contributed by atoms with van der Waals surface area (Å²) < 4.78 is 17.6. The van der Waals surface area contributed by atoms with Crippen molar-refractivity contribution in [2.24, 2.45) is 10.9 Å². The zero-order chi connectivity index (χ0) is 26.4. The largest absolute Gasteiger partial charge is 0.491 e. The number of nitrogens with zero attached hydrogens (tertiary/aromatic N) is 2. The highest BCUT2D eigenvalue weighted by molar-refractivity contribution is 6.30. The minimum atomic E-state index is -0.784. The number of piperidine rings is 1. The van der Waals surface area contributed by atoms with Crippen molar-refractivity contribution < 1.29 is 19.3 Å². The van der Waals surface area contributed by atoms with Crippen molar-refractivity contribution in [3.05, 3.63) is 76.8 Å². The third kappa shape index (κ3) is 6.32. The molecule has 0 aliphatic carbocycles. The number of hydrogen-bond acceptors (Lipinski definition) is 6. The predicted octanol–water partition coefficient (Wildman–Crippen LogP) is 5.53. The number of ether oxygens (including phenoxy) is 3.